The van der Waals surface area contributed by atoms with Gasteiger partial charge in [0, 0.05) is 29.3 Å². The number of aromatic nitrogens is 1. The number of rotatable bonds is 2. The Morgan fingerprint density at radius 3 is 2.93 bits per heavy atom. The second-order valence-electron chi connectivity index (χ2n) is 3.46. The van der Waals surface area contributed by atoms with Crippen LogP contribution in [-0.4, -0.2) is 4.57 Å². The van der Waals surface area contributed by atoms with E-state index in [4.69, 9.17) is 5.73 Å². The summed E-state index contributed by atoms with van der Waals surface area (Å²) in [5.74, 6) is 0. The lowest BCUT2D eigenvalue weighted by molar-refractivity contribution is 0.797. The summed E-state index contributed by atoms with van der Waals surface area (Å²) < 4.78 is 2.21. The maximum absolute atomic E-state index is 5.80. The van der Waals surface area contributed by atoms with Crippen LogP contribution in [0.15, 0.2) is 35.9 Å². The average Bonchev–Trinajstić information content (AvgIpc) is 2.69. The summed E-state index contributed by atoms with van der Waals surface area (Å²) >= 11 is 4.05. The molecule has 1 aromatic carbocycles. The van der Waals surface area contributed by atoms with E-state index in [0.29, 0.717) is 5.70 Å². The van der Waals surface area contributed by atoms with Crippen LogP contribution in [0, 0.1) is 0 Å². The maximum atomic E-state index is 5.80. The molecule has 0 saturated carbocycles. The summed E-state index contributed by atoms with van der Waals surface area (Å²) in [6.07, 6.45) is 2.09. The molecule has 0 aliphatic rings. The van der Waals surface area contributed by atoms with Gasteiger partial charge >= 0.3 is 0 Å². The van der Waals surface area contributed by atoms with Gasteiger partial charge in [0.2, 0.25) is 0 Å². The van der Waals surface area contributed by atoms with Crippen molar-refractivity contribution in [2.45, 2.75) is 13.5 Å². The second-order valence-corrected chi connectivity index (χ2v) is 3.72. The number of nitrogens with two attached hydrogens (primary N) is 1. The zero-order valence-corrected chi connectivity index (χ0v) is 9.54. The smallest absolute Gasteiger partial charge is 0.0480 e. The minimum Gasteiger partial charge on any atom is -0.398 e. The van der Waals surface area contributed by atoms with Crippen molar-refractivity contribution in [2.75, 3.05) is 0 Å². The largest absolute Gasteiger partial charge is 0.398 e. The minimum absolute atomic E-state index is 0.699. The van der Waals surface area contributed by atoms with Crippen LogP contribution in [0.5, 0.6) is 0 Å². The van der Waals surface area contributed by atoms with Crippen molar-refractivity contribution in [3.8, 4) is 0 Å². The van der Waals surface area contributed by atoms with Crippen LogP contribution >= 0.6 is 12.6 Å². The minimum atomic E-state index is 0.699. The van der Waals surface area contributed by atoms with Crippen molar-refractivity contribution in [3.05, 3.63) is 41.4 Å². The molecule has 0 amide bonds. The predicted molar refractivity (Wildman–Crippen MR) is 68.8 cm³/mol. The Hall–Kier alpha value is -1.35. The summed E-state index contributed by atoms with van der Waals surface area (Å²) in [7, 11) is 0. The number of fused-ring (bicyclic) bond motifs is 1. The monoisotopic (exact) mass is 218 g/mol. The summed E-state index contributed by atoms with van der Waals surface area (Å²) in [4.78, 5) is 0. The first-order valence-corrected chi connectivity index (χ1v) is 5.47. The van der Waals surface area contributed by atoms with E-state index in [0.717, 1.165) is 12.1 Å². The molecule has 2 aromatic rings. The molecule has 0 atom stereocenters. The Morgan fingerprint density at radius 2 is 2.27 bits per heavy atom. The van der Waals surface area contributed by atoms with Gasteiger partial charge in [-0.2, -0.15) is 0 Å². The molecule has 0 fully saturated rings. The van der Waals surface area contributed by atoms with Crippen LogP contribution in [0.25, 0.3) is 16.6 Å². The van der Waals surface area contributed by atoms with Crippen molar-refractivity contribution >= 4 is 29.2 Å². The van der Waals surface area contributed by atoms with Gasteiger partial charge in [-0.3, -0.25) is 0 Å². The van der Waals surface area contributed by atoms with Crippen LogP contribution in [0.2, 0.25) is 0 Å². The summed E-state index contributed by atoms with van der Waals surface area (Å²) in [5, 5.41) is 2.84. The molecule has 0 spiro atoms. The van der Waals surface area contributed by atoms with Gasteiger partial charge in [0.05, 0.1) is 0 Å². The number of thiol groups is 1. The molecule has 0 aliphatic heterocycles. The van der Waals surface area contributed by atoms with Crippen LogP contribution < -0.4 is 5.73 Å². The SMILES string of the molecule is CCn1ccc2cc(/C(N)=C/S)ccc21. The summed E-state index contributed by atoms with van der Waals surface area (Å²) in [5.41, 5.74) is 8.76. The quantitative estimate of drug-likeness (QED) is 0.746. The zero-order chi connectivity index (χ0) is 10.8. The van der Waals surface area contributed by atoms with Crippen LogP contribution in [0.1, 0.15) is 12.5 Å². The molecule has 78 valence electrons. The fraction of sp³-hybridized carbons (Fsp3) is 0.167. The number of hydrogen-bond acceptors (Lipinski definition) is 2. The second kappa shape index (κ2) is 4.03. The van der Waals surface area contributed by atoms with E-state index in [1.54, 1.807) is 5.41 Å². The molecule has 0 bridgehead atoms. The van der Waals surface area contributed by atoms with E-state index < -0.39 is 0 Å². The first-order chi connectivity index (χ1) is 7.26. The zero-order valence-electron chi connectivity index (χ0n) is 8.64. The molecule has 0 radical (unpaired) electrons. The van der Waals surface area contributed by atoms with Gasteiger partial charge in [-0.25, -0.2) is 0 Å². The first-order valence-electron chi connectivity index (χ1n) is 4.95. The Morgan fingerprint density at radius 1 is 1.47 bits per heavy atom. The van der Waals surface area contributed by atoms with Crippen molar-refractivity contribution in [3.63, 3.8) is 0 Å². The molecule has 0 saturated heterocycles. The van der Waals surface area contributed by atoms with Gasteiger partial charge in [0.25, 0.3) is 0 Å². The molecule has 15 heavy (non-hydrogen) atoms. The van der Waals surface area contributed by atoms with Gasteiger partial charge in [0.15, 0.2) is 0 Å². The van der Waals surface area contributed by atoms with E-state index >= 15 is 0 Å². The van der Waals surface area contributed by atoms with Crippen molar-refractivity contribution in [1.82, 2.24) is 4.57 Å². The molecule has 1 heterocycles. The summed E-state index contributed by atoms with van der Waals surface area (Å²) in [6, 6.07) is 8.31. The molecule has 0 aliphatic carbocycles. The summed E-state index contributed by atoms with van der Waals surface area (Å²) in [6.45, 7) is 3.12. The van der Waals surface area contributed by atoms with Gasteiger partial charge < -0.3 is 10.3 Å². The van der Waals surface area contributed by atoms with Crippen molar-refractivity contribution < 1.29 is 0 Å². The lowest BCUT2D eigenvalue weighted by Crippen LogP contribution is -1.95. The van der Waals surface area contributed by atoms with Gasteiger partial charge in [-0.05, 0) is 36.1 Å². The van der Waals surface area contributed by atoms with Crippen LogP contribution in [0.3, 0.4) is 0 Å². The highest BCUT2D eigenvalue weighted by molar-refractivity contribution is 7.83. The molecule has 1 aromatic heterocycles. The third kappa shape index (κ3) is 1.75. The first kappa shape index (κ1) is 10.2. The Bertz CT molecular complexity index is 511. The fourth-order valence-corrected chi connectivity index (χ4v) is 1.88. The molecule has 3 heteroatoms. The normalized spacial score (nSPS) is 12.3. The molecular weight excluding hydrogens is 204 g/mol. The maximum Gasteiger partial charge on any atom is 0.0480 e. The van der Waals surface area contributed by atoms with Crippen molar-refractivity contribution in [1.29, 1.82) is 0 Å². The van der Waals surface area contributed by atoms with E-state index in [2.05, 4.69) is 48.5 Å². The lowest BCUT2D eigenvalue weighted by atomic mass is 10.1. The van der Waals surface area contributed by atoms with E-state index in [9.17, 15) is 0 Å². The number of benzene rings is 1. The predicted octanol–water partition coefficient (Wildman–Crippen LogP) is 2.85. The van der Waals surface area contributed by atoms with Crippen LogP contribution in [0.4, 0.5) is 0 Å². The third-order valence-electron chi connectivity index (χ3n) is 2.58. The topological polar surface area (TPSA) is 30.9 Å². The average molecular weight is 218 g/mol. The molecular formula is C12H14N2S. The highest BCUT2D eigenvalue weighted by atomic mass is 32.1. The standard InChI is InChI=1S/C12H14N2S/c1-2-14-6-5-10-7-9(11(13)8-15)3-4-12(10)14/h3-8,15H,2,13H2,1H3/b11-8-. The molecule has 0 unspecified atom stereocenters. The van der Waals surface area contributed by atoms with Crippen molar-refractivity contribution in [2.24, 2.45) is 5.73 Å². The highest BCUT2D eigenvalue weighted by Gasteiger charge is 2.01. The van der Waals surface area contributed by atoms with E-state index in [-0.39, 0.29) is 0 Å². The number of nitrogens with zero attached hydrogens (tertiary/aromatic N) is 1. The van der Waals surface area contributed by atoms with E-state index in [1.807, 2.05) is 6.07 Å². The molecule has 2 nitrogen and oxygen atoms in total. The van der Waals surface area contributed by atoms with Gasteiger partial charge in [-0.1, -0.05) is 6.07 Å². The Balaban J connectivity index is 2.58. The molecule has 2 rings (SSSR count). The number of aryl methyl sites for hydroxylation is 1. The van der Waals surface area contributed by atoms with E-state index in [1.165, 1.54) is 10.9 Å². The van der Waals surface area contributed by atoms with Crippen LogP contribution in [-0.2, 0) is 6.54 Å². The van der Waals surface area contributed by atoms with Gasteiger partial charge in [-0.15, -0.1) is 12.6 Å². The van der Waals surface area contributed by atoms with Gasteiger partial charge in [0.1, 0.15) is 0 Å². The fourth-order valence-electron chi connectivity index (χ4n) is 1.73. The lowest BCUT2D eigenvalue weighted by Gasteiger charge is -2.03. The highest BCUT2D eigenvalue weighted by Crippen LogP contribution is 2.20. The number of hydrogen-bond donors (Lipinski definition) is 2. The molecule has 2 N–H and O–H groups in total. The Labute approximate surface area is 94.8 Å². The Kier molecular flexibility index (Phi) is 2.73. The third-order valence-corrected chi connectivity index (χ3v) is 2.86.